The van der Waals surface area contributed by atoms with E-state index in [0.29, 0.717) is 23.6 Å². The molecule has 0 bridgehead atoms. The molecule has 0 fully saturated rings. The summed E-state index contributed by atoms with van der Waals surface area (Å²) in [5.74, 6) is 0.0506. The average Bonchev–Trinajstić information content (AvgIpc) is 2.97. The highest BCUT2D eigenvalue weighted by atomic mass is 16.5. The molecular formula is C18H17N3O2. The molecule has 1 heterocycles. The molecule has 0 radical (unpaired) electrons. The Kier molecular flexibility index (Phi) is 4.24. The lowest BCUT2D eigenvalue weighted by atomic mass is 10.1. The summed E-state index contributed by atoms with van der Waals surface area (Å²) < 4.78 is 4.93. The summed E-state index contributed by atoms with van der Waals surface area (Å²) in [6, 6.07) is 12.1. The van der Waals surface area contributed by atoms with Crippen LogP contribution in [0.15, 0.2) is 36.5 Å². The van der Waals surface area contributed by atoms with Crippen molar-refractivity contribution in [2.45, 2.75) is 25.8 Å². The van der Waals surface area contributed by atoms with Crippen molar-refractivity contribution in [3.05, 3.63) is 58.8 Å². The third-order valence-electron chi connectivity index (χ3n) is 3.91. The number of carbonyl (C=O) groups is 1. The van der Waals surface area contributed by atoms with Crippen LogP contribution in [-0.4, -0.2) is 23.6 Å². The van der Waals surface area contributed by atoms with E-state index < -0.39 is 5.97 Å². The van der Waals surface area contributed by atoms with Crippen LogP contribution in [0, 0.1) is 11.3 Å². The van der Waals surface area contributed by atoms with Gasteiger partial charge in [-0.3, -0.25) is 0 Å². The van der Waals surface area contributed by atoms with E-state index in [0.717, 1.165) is 12.8 Å². The highest BCUT2D eigenvalue weighted by Gasteiger charge is 2.22. The topological polar surface area (TPSA) is 75.0 Å². The van der Waals surface area contributed by atoms with E-state index in [1.54, 1.807) is 6.92 Å². The number of hydrogen-bond acceptors (Lipinski definition) is 5. The summed E-state index contributed by atoms with van der Waals surface area (Å²) in [6.07, 6.45) is 3.26. The van der Waals surface area contributed by atoms with Gasteiger partial charge in [0.1, 0.15) is 11.9 Å². The normalized spacial score (nSPS) is 13.2. The van der Waals surface area contributed by atoms with Crippen LogP contribution >= 0.6 is 0 Å². The van der Waals surface area contributed by atoms with Gasteiger partial charge in [-0.2, -0.15) is 5.26 Å². The van der Waals surface area contributed by atoms with Crippen LogP contribution in [0.1, 0.15) is 34.0 Å². The van der Waals surface area contributed by atoms with E-state index in [1.807, 2.05) is 12.1 Å². The first kappa shape index (κ1) is 15.0. The molecule has 5 heteroatoms. The number of hydrogen-bond donors (Lipinski definition) is 1. The molecule has 2 aromatic rings. The number of carbonyl (C=O) groups excluding carboxylic acids is 1. The first-order valence-corrected chi connectivity index (χ1v) is 7.62. The third kappa shape index (κ3) is 3.16. The Morgan fingerprint density at radius 1 is 1.39 bits per heavy atom. The van der Waals surface area contributed by atoms with Crippen LogP contribution in [0.3, 0.4) is 0 Å². The highest BCUT2D eigenvalue weighted by molar-refractivity contribution is 5.90. The first-order chi connectivity index (χ1) is 11.2. The van der Waals surface area contributed by atoms with Crippen LogP contribution < -0.4 is 5.32 Å². The number of pyridine rings is 1. The van der Waals surface area contributed by atoms with E-state index in [9.17, 15) is 10.1 Å². The van der Waals surface area contributed by atoms with Crippen LogP contribution in [0.25, 0.3) is 0 Å². The van der Waals surface area contributed by atoms with E-state index in [2.05, 4.69) is 28.5 Å². The predicted molar refractivity (Wildman–Crippen MR) is 86.2 cm³/mol. The van der Waals surface area contributed by atoms with E-state index in [1.165, 1.54) is 23.4 Å². The summed E-state index contributed by atoms with van der Waals surface area (Å²) in [4.78, 5) is 16.0. The van der Waals surface area contributed by atoms with E-state index in [-0.39, 0.29) is 6.04 Å². The molecule has 1 N–H and O–H groups in total. The van der Waals surface area contributed by atoms with Gasteiger partial charge in [-0.25, -0.2) is 9.78 Å². The van der Waals surface area contributed by atoms with Gasteiger partial charge in [0, 0.05) is 12.2 Å². The molecule has 3 rings (SSSR count). The molecule has 116 valence electrons. The quantitative estimate of drug-likeness (QED) is 0.879. The smallest absolute Gasteiger partial charge is 0.339 e. The number of ether oxygens (including phenoxy) is 1. The summed E-state index contributed by atoms with van der Waals surface area (Å²) in [5, 5.41) is 12.6. The van der Waals surface area contributed by atoms with Crippen LogP contribution in [-0.2, 0) is 17.6 Å². The van der Waals surface area contributed by atoms with E-state index >= 15 is 0 Å². The van der Waals surface area contributed by atoms with Crippen molar-refractivity contribution in [1.82, 2.24) is 4.98 Å². The van der Waals surface area contributed by atoms with E-state index in [4.69, 9.17) is 4.74 Å². The number of nitriles is 1. The number of nitrogens with one attached hydrogen (secondary N) is 1. The molecule has 5 nitrogen and oxygen atoms in total. The summed E-state index contributed by atoms with van der Waals surface area (Å²) in [6.45, 7) is 2.03. The molecule has 0 amide bonds. The van der Waals surface area contributed by atoms with Gasteiger partial charge in [0.2, 0.25) is 0 Å². The van der Waals surface area contributed by atoms with Crippen molar-refractivity contribution >= 4 is 11.8 Å². The zero-order chi connectivity index (χ0) is 16.2. The van der Waals surface area contributed by atoms with Gasteiger partial charge in [-0.05, 0) is 37.0 Å². The Labute approximate surface area is 134 Å². The monoisotopic (exact) mass is 307 g/mol. The van der Waals surface area contributed by atoms with Crippen molar-refractivity contribution < 1.29 is 9.53 Å². The second kappa shape index (κ2) is 6.49. The van der Waals surface area contributed by atoms with Crippen LogP contribution in [0.2, 0.25) is 0 Å². The Hall–Kier alpha value is -2.87. The maximum atomic E-state index is 11.7. The zero-order valence-electron chi connectivity index (χ0n) is 12.9. The molecule has 0 atom stereocenters. The number of fused-ring (bicyclic) bond motifs is 1. The molecule has 0 saturated carbocycles. The SMILES string of the molecule is CCOC(=O)c1cnc(NC2Cc3ccccc3C2)c(C#N)c1. The Morgan fingerprint density at radius 2 is 2.09 bits per heavy atom. The molecule has 0 saturated heterocycles. The average molecular weight is 307 g/mol. The molecule has 0 unspecified atom stereocenters. The number of anilines is 1. The maximum absolute atomic E-state index is 11.7. The number of esters is 1. The number of benzene rings is 1. The number of rotatable bonds is 4. The fraction of sp³-hybridized carbons (Fsp3) is 0.278. The zero-order valence-corrected chi connectivity index (χ0v) is 12.9. The Morgan fingerprint density at radius 3 is 2.70 bits per heavy atom. The fourth-order valence-corrected chi connectivity index (χ4v) is 2.85. The fourth-order valence-electron chi connectivity index (χ4n) is 2.85. The first-order valence-electron chi connectivity index (χ1n) is 7.62. The molecule has 1 aromatic heterocycles. The highest BCUT2D eigenvalue weighted by Crippen LogP contribution is 2.25. The molecule has 1 aliphatic rings. The summed E-state index contributed by atoms with van der Waals surface area (Å²) >= 11 is 0. The number of aromatic nitrogens is 1. The van der Waals surface area contributed by atoms with Crippen molar-refractivity contribution in [3.63, 3.8) is 0 Å². The molecular weight excluding hydrogens is 290 g/mol. The summed E-state index contributed by atoms with van der Waals surface area (Å²) in [5.41, 5.74) is 3.30. The van der Waals surface area contributed by atoms with Gasteiger partial charge in [0.25, 0.3) is 0 Å². The molecule has 23 heavy (non-hydrogen) atoms. The largest absolute Gasteiger partial charge is 0.462 e. The lowest BCUT2D eigenvalue weighted by Gasteiger charge is -2.14. The van der Waals surface area contributed by atoms with Gasteiger partial charge in [-0.1, -0.05) is 24.3 Å². The van der Waals surface area contributed by atoms with Crippen LogP contribution in [0.5, 0.6) is 0 Å². The van der Waals surface area contributed by atoms with Gasteiger partial charge in [-0.15, -0.1) is 0 Å². The number of nitrogens with zero attached hydrogens (tertiary/aromatic N) is 2. The predicted octanol–water partition coefficient (Wildman–Crippen LogP) is 2.71. The van der Waals surface area contributed by atoms with Gasteiger partial charge in [0.05, 0.1) is 17.7 Å². The minimum Gasteiger partial charge on any atom is -0.462 e. The van der Waals surface area contributed by atoms with Gasteiger partial charge in [0.15, 0.2) is 0 Å². The van der Waals surface area contributed by atoms with Crippen molar-refractivity contribution in [2.75, 3.05) is 11.9 Å². The van der Waals surface area contributed by atoms with Gasteiger partial charge >= 0.3 is 5.97 Å². The second-order valence-corrected chi connectivity index (χ2v) is 5.47. The lowest BCUT2D eigenvalue weighted by molar-refractivity contribution is 0.0526. The minimum atomic E-state index is -0.462. The molecule has 0 spiro atoms. The van der Waals surface area contributed by atoms with Gasteiger partial charge < -0.3 is 10.1 Å². The lowest BCUT2D eigenvalue weighted by Crippen LogP contribution is -2.21. The van der Waals surface area contributed by atoms with Crippen molar-refractivity contribution in [3.8, 4) is 6.07 Å². The van der Waals surface area contributed by atoms with Crippen molar-refractivity contribution in [2.24, 2.45) is 0 Å². The third-order valence-corrected chi connectivity index (χ3v) is 3.91. The molecule has 0 aliphatic heterocycles. The standard InChI is InChI=1S/C18H17N3O2/c1-2-23-18(22)15-7-14(10-19)17(20-11-15)21-16-8-12-5-3-4-6-13(12)9-16/h3-7,11,16H,2,8-9H2,1H3,(H,20,21). The molecule has 1 aromatic carbocycles. The maximum Gasteiger partial charge on any atom is 0.339 e. The Balaban J connectivity index is 1.77. The van der Waals surface area contributed by atoms with Crippen LogP contribution in [0.4, 0.5) is 5.82 Å². The van der Waals surface area contributed by atoms with Crippen molar-refractivity contribution in [1.29, 1.82) is 5.26 Å². The minimum absolute atomic E-state index is 0.209. The molecule has 1 aliphatic carbocycles. The Bertz CT molecular complexity index is 755. The second-order valence-electron chi connectivity index (χ2n) is 5.47. The summed E-state index contributed by atoms with van der Waals surface area (Å²) in [7, 11) is 0.